The lowest BCUT2D eigenvalue weighted by molar-refractivity contribution is -0.144. The second-order valence-electron chi connectivity index (χ2n) is 5.54. The number of aryl methyl sites for hydroxylation is 1. The Bertz CT molecular complexity index is 862. The first-order chi connectivity index (χ1) is 12.2. The van der Waals surface area contributed by atoms with Crippen LogP contribution in [-0.2, 0) is 22.6 Å². The van der Waals surface area contributed by atoms with Crippen molar-refractivity contribution in [1.82, 2.24) is 9.97 Å². The van der Waals surface area contributed by atoms with Gasteiger partial charge in [-0.1, -0.05) is 11.6 Å². The van der Waals surface area contributed by atoms with Gasteiger partial charge in [0.15, 0.2) is 0 Å². The molecule has 0 radical (unpaired) electrons. The number of nitrogens with zero attached hydrogens (tertiary/aromatic N) is 2. The minimum Gasteiger partial charge on any atom is -0.496 e. The second-order valence-corrected chi connectivity index (χ2v) is 6.40. The predicted octanol–water partition coefficient (Wildman–Crippen LogP) is 3.81. The van der Waals surface area contributed by atoms with E-state index in [0.29, 0.717) is 11.4 Å². The monoisotopic (exact) mass is 354 g/mol. The molecule has 0 atom stereocenters. The quantitative estimate of drug-likeness (QED) is 0.630. The van der Waals surface area contributed by atoms with Crippen LogP contribution >= 0.6 is 11.3 Å². The molecular formula is C19H18N2O3S. The Balaban J connectivity index is 1.60. The molecule has 3 rings (SSSR count). The highest BCUT2D eigenvalue weighted by Crippen LogP contribution is 2.23. The molecule has 25 heavy (non-hydrogen) atoms. The van der Waals surface area contributed by atoms with Crippen LogP contribution in [-0.4, -0.2) is 23.0 Å². The summed E-state index contributed by atoms with van der Waals surface area (Å²) < 4.78 is 10.7. The number of ether oxygens (including phenoxy) is 2. The number of rotatable bonds is 6. The molecule has 3 aromatic rings. The minimum absolute atomic E-state index is 0.144. The van der Waals surface area contributed by atoms with E-state index >= 15 is 0 Å². The van der Waals surface area contributed by atoms with Crippen molar-refractivity contribution in [1.29, 1.82) is 0 Å². The van der Waals surface area contributed by atoms with E-state index in [-0.39, 0.29) is 19.0 Å². The van der Waals surface area contributed by atoms with E-state index in [1.807, 2.05) is 42.6 Å². The highest BCUT2D eigenvalue weighted by atomic mass is 32.1. The molecule has 2 heterocycles. The maximum absolute atomic E-state index is 12.1. The topological polar surface area (TPSA) is 61.3 Å². The molecule has 0 aliphatic heterocycles. The lowest BCUT2D eigenvalue weighted by atomic mass is 10.1. The number of benzene rings is 1. The van der Waals surface area contributed by atoms with E-state index in [1.165, 1.54) is 11.3 Å². The van der Waals surface area contributed by atoms with Gasteiger partial charge < -0.3 is 9.47 Å². The summed E-state index contributed by atoms with van der Waals surface area (Å²) in [6.07, 6.45) is 3.62. The maximum atomic E-state index is 12.1. The Kier molecular flexibility index (Phi) is 5.40. The third kappa shape index (κ3) is 4.42. The van der Waals surface area contributed by atoms with Crippen molar-refractivity contribution in [3.05, 3.63) is 64.9 Å². The highest BCUT2D eigenvalue weighted by molar-refractivity contribution is 7.13. The Hall–Kier alpha value is -2.73. The first-order valence-corrected chi connectivity index (χ1v) is 8.67. The van der Waals surface area contributed by atoms with Crippen molar-refractivity contribution in [2.75, 3.05) is 7.11 Å². The lowest BCUT2D eigenvalue weighted by Crippen LogP contribution is -2.09. The van der Waals surface area contributed by atoms with Gasteiger partial charge >= 0.3 is 5.97 Å². The molecule has 0 unspecified atom stereocenters. The first-order valence-electron chi connectivity index (χ1n) is 7.79. The van der Waals surface area contributed by atoms with Crippen LogP contribution in [0.3, 0.4) is 0 Å². The van der Waals surface area contributed by atoms with E-state index in [0.717, 1.165) is 21.7 Å². The molecule has 0 fully saturated rings. The highest BCUT2D eigenvalue weighted by Gasteiger charge is 2.12. The molecular weight excluding hydrogens is 336 g/mol. The summed E-state index contributed by atoms with van der Waals surface area (Å²) in [5.74, 6) is 0.400. The molecule has 0 amide bonds. The molecule has 0 aliphatic rings. The molecule has 2 aromatic heterocycles. The number of carbonyl (C=O) groups excluding carboxylic acids is 1. The summed E-state index contributed by atoms with van der Waals surface area (Å²) in [7, 11) is 1.60. The van der Waals surface area contributed by atoms with Gasteiger partial charge in [0.1, 0.15) is 17.4 Å². The van der Waals surface area contributed by atoms with Crippen LogP contribution in [0.25, 0.3) is 10.6 Å². The third-order valence-corrected chi connectivity index (χ3v) is 4.55. The zero-order chi connectivity index (χ0) is 17.6. The molecule has 0 saturated carbocycles. The zero-order valence-corrected chi connectivity index (χ0v) is 14.9. The number of pyridine rings is 1. The molecule has 0 aliphatic carbocycles. The van der Waals surface area contributed by atoms with Gasteiger partial charge in [0.05, 0.1) is 19.2 Å². The van der Waals surface area contributed by atoms with Gasteiger partial charge in [-0.25, -0.2) is 4.98 Å². The predicted molar refractivity (Wildman–Crippen MR) is 96.6 cm³/mol. The second kappa shape index (κ2) is 7.90. The van der Waals surface area contributed by atoms with Crippen molar-refractivity contribution in [3.63, 3.8) is 0 Å². The summed E-state index contributed by atoms with van der Waals surface area (Å²) in [6.45, 7) is 2.17. The van der Waals surface area contributed by atoms with E-state index in [2.05, 4.69) is 9.97 Å². The van der Waals surface area contributed by atoms with Crippen LogP contribution in [0.1, 0.15) is 16.8 Å². The molecule has 0 N–H and O–H groups in total. The van der Waals surface area contributed by atoms with Crippen molar-refractivity contribution < 1.29 is 14.3 Å². The Morgan fingerprint density at radius 1 is 1.28 bits per heavy atom. The lowest BCUT2D eigenvalue weighted by Gasteiger charge is -2.10. The molecule has 0 spiro atoms. The summed E-state index contributed by atoms with van der Waals surface area (Å²) in [5, 5.41) is 2.72. The Labute approximate surface area is 150 Å². The summed E-state index contributed by atoms with van der Waals surface area (Å²) in [5.41, 5.74) is 3.58. The zero-order valence-electron chi connectivity index (χ0n) is 14.1. The smallest absolute Gasteiger partial charge is 0.312 e. The fourth-order valence-corrected chi connectivity index (χ4v) is 3.20. The van der Waals surface area contributed by atoms with Crippen LogP contribution in [0.4, 0.5) is 0 Å². The Morgan fingerprint density at radius 3 is 2.92 bits per heavy atom. The third-order valence-electron chi connectivity index (χ3n) is 3.61. The van der Waals surface area contributed by atoms with Gasteiger partial charge in [-0.15, -0.1) is 11.3 Å². The van der Waals surface area contributed by atoms with E-state index in [4.69, 9.17) is 9.47 Å². The van der Waals surface area contributed by atoms with Crippen LogP contribution in [0.5, 0.6) is 5.75 Å². The molecule has 5 nitrogen and oxygen atoms in total. The molecule has 0 saturated heterocycles. The molecule has 0 bridgehead atoms. The van der Waals surface area contributed by atoms with Gasteiger partial charge in [-0.05, 0) is 31.2 Å². The van der Waals surface area contributed by atoms with Gasteiger partial charge in [0, 0.05) is 28.9 Å². The number of aromatic nitrogens is 2. The Morgan fingerprint density at radius 2 is 2.16 bits per heavy atom. The fraction of sp³-hybridized carbons (Fsp3) is 0.211. The number of thiazole rings is 1. The maximum Gasteiger partial charge on any atom is 0.312 e. The number of hydrogen-bond donors (Lipinski definition) is 0. The van der Waals surface area contributed by atoms with Crippen LogP contribution < -0.4 is 4.74 Å². The van der Waals surface area contributed by atoms with Crippen molar-refractivity contribution in [3.8, 4) is 16.3 Å². The number of hydrogen-bond acceptors (Lipinski definition) is 6. The SMILES string of the molecule is COc1ccc(C)cc1COC(=O)Cc1csc(-c2cccnc2)n1. The largest absolute Gasteiger partial charge is 0.496 e. The number of esters is 1. The summed E-state index contributed by atoms with van der Waals surface area (Å²) in [6, 6.07) is 9.59. The normalized spacial score (nSPS) is 10.5. The van der Waals surface area contributed by atoms with Gasteiger partial charge in [0.2, 0.25) is 0 Å². The van der Waals surface area contributed by atoms with E-state index in [9.17, 15) is 4.79 Å². The first kappa shape index (κ1) is 17.1. The van der Waals surface area contributed by atoms with E-state index < -0.39 is 0 Å². The van der Waals surface area contributed by atoms with Crippen LogP contribution in [0.2, 0.25) is 0 Å². The minimum atomic E-state index is -0.313. The average molecular weight is 354 g/mol. The average Bonchev–Trinajstić information content (AvgIpc) is 3.09. The molecule has 1 aromatic carbocycles. The number of carbonyl (C=O) groups is 1. The summed E-state index contributed by atoms with van der Waals surface area (Å²) >= 11 is 1.49. The van der Waals surface area contributed by atoms with Gasteiger partial charge in [-0.2, -0.15) is 0 Å². The van der Waals surface area contributed by atoms with Crippen LogP contribution in [0.15, 0.2) is 48.1 Å². The van der Waals surface area contributed by atoms with Crippen molar-refractivity contribution in [2.24, 2.45) is 0 Å². The van der Waals surface area contributed by atoms with E-state index in [1.54, 1.807) is 19.5 Å². The van der Waals surface area contributed by atoms with Crippen molar-refractivity contribution >= 4 is 17.3 Å². The fourth-order valence-electron chi connectivity index (χ4n) is 2.39. The number of methoxy groups -OCH3 is 1. The standard InChI is InChI=1S/C19H18N2O3S/c1-13-5-6-17(23-2)15(8-13)11-24-18(22)9-16-12-25-19(21-16)14-4-3-7-20-10-14/h3-8,10,12H,9,11H2,1-2H3. The van der Waals surface area contributed by atoms with Gasteiger partial charge in [-0.3, -0.25) is 9.78 Å². The molecule has 6 heteroatoms. The van der Waals surface area contributed by atoms with Gasteiger partial charge in [0.25, 0.3) is 0 Å². The summed E-state index contributed by atoms with van der Waals surface area (Å²) in [4.78, 5) is 20.7. The van der Waals surface area contributed by atoms with Crippen molar-refractivity contribution in [2.45, 2.75) is 20.0 Å². The van der Waals surface area contributed by atoms with Crippen LogP contribution in [0, 0.1) is 6.92 Å². The molecule has 128 valence electrons.